The number of carbonyl (C=O) groups is 1. The molecule has 0 atom stereocenters. The van der Waals surface area contributed by atoms with E-state index in [1.807, 2.05) is 49.4 Å². The number of hydrogen-bond acceptors (Lipinski definition) is 6. The quantitative estimate of drug-likeness (QED) is 0.393. The number of methoxy groups -OCH3 is 3. The molecule has 142 valence electrons. The van der Waals surface area contributed by atoms with Gasteiger partial charge in [0.1, 0.15) is 0 Å². The normalized spacial score (nSPS) is 11.3. The predicted molar refractivity (Wildman–Crippen MR) is 105 cm³/mol. The van der Waals surface area contributed by atoms with Gasteiger partial charge >= 0.3 is 5.97 Å². The molecule has 6 heteroatoms. The number of rotatable bonds is 8. The number of carbonyl (C=O) groups excluding carboxylic acids is 1. The Morgan fingerprint density at radius 3 is 2.15 bits per heavy atom. The molecule has 27 heavy (non-hydrogen) atoms. The Labute approximate surface area is 159 Å². The minimum Gasteiger partial charge on any atom is -0.493 e. The molecule has 0 aliphatic carbocycles. The smallest absolute Gasteiger partial charge is 0.366 e. The summed E-state index contributed by atoms with van der Waals surface area (Å²) >= 11 is 0. The fourth-order valence-electron chi connectivity index (χ4n) is 2.32. The topological polar surface area (TPSA) is 66.4 Å². The van der Waals surface area contributed by atoms with Crippen molar-refractivity contribution in [2.75, 3.05) is 21.3 Å². The molecule has 0 N–H and O–H groups in total. The third-order valence-corrected chi connectivity index (χ3v) is 3.78. The second-order valence-corrected chi connectivity index (χ2v) is 5.47. The van der Waals surface area contributed by atoms with E-state index in [-0.39, 0.29) is 5.56 Å². The first-order valence-corrected chi connectivity index (χ1v) is 8.44. The van der Waals surface area contributed by atoms with Crippen LogP contribution in [0.2, 0.25) is 0 Å². The van der Waals surface area contributed by atoms with Crippen LogP contribution in [-0.4, -0.2) is 33.0 Å². The first-order chi connectivity index (χ1) is 13.1. The lowest BCUT2D eigenvalue weighted by Crippen LogP contribution is -2.05. The average Bonchev–Trinajstić information content (AvgIpc) is 2.73. The van der Waals surface area contributed by atoms with E-state index >= 15 is 0 Å². The Bertz CT molecular complexity index is 803. The SMILES string of the molecule is CCC(C=Cc1ccccc1)=NOC(=O)c1cc(OC)c(OC)c(OC)c1. The van der Waals surface area contributed by atoms with Crippen molar-refractivity contribution >= 4 is 17.8 Å². The molecule has 0 spiro atoms. The summed E-state index contributed by atoms with van der Waals surface area (Å²) in [6, 6.07) is 12.8. The Hall–Kier alpha value is -3.28. The van der Waals surface area contributed by atoms with Crippen LogP contribution in [0.5, 0.6) is 17.2 Å². The largest absolute Gasteiger partial charge is 0.493 e. The maximum Gasteiger partial charge on any atom is 0.366 e. The van der Waals surface area contributed by atoms with Crippen LogP contribution < -0.4 is 14.2 Å². The summed E-state index contributed by atoms with van der Waals surface area (Å²) in [5.74, 6) is 0.522. The van der Waals surface area contributed by atoms with Gasteiger partial charge in [0.25, 0.3) is 0 Å². The van der Waals surface area contributed by atoms with E-state index in [0.717, 1.165) is 5.56 Å². The summed E-state index contributed by atoms with van der Waals surface area (Å²) in [5, 5.41) is 3.95. The van der Waals surface area contributed by atoms with Crippen LogP contribution in [0, 0.1) is 0 Å². The molecule has 0 radical (unpaired) electrons. The third-order valence-electron chi connectivity index (χ3n) is 3.78. The van der Waals surface area contributed by atoms with Crippen LogP contribution in [0.1, 0.15) is 29.3 Å². The molecule has 2 rings (SSSR count). The van der Waals surface area contributed by atoms with Crippen molar-refractivity contribution in [2.45, 2.75) is 13.3 Å². The number of allylic oxidation sites excluding steroid dienone is 1. The second-order valence-electron chi connectivity index (χ2n) is 5.47. The van der Waals surface area contributed by atoms with Crippen LogP contribution >= 0.6 is 0 Å². The summed E-state index contributed by atoms with van der Waals surface area (Å²) in [6.45, 7) is 1.93. The van der Waals surface area contributed by atoms with Gasteiger partial charge in [-0.1, -0.05) is 48.5 Å². The van der Waals surface area contributed by atoms with Crippen molar-refractivity contribution in [3.63, 3.8) is 0 Å². The minimum absolute atomic E-state index is 0.246. The summed E-state index contributed by atoms with van der Waals surface area (Å²) in [4.78, 5) is 17.5. The molecular weight excluding hydrogens is 346 g/mol. The highest BCUT2D eigenvalue weighted by molar-refractivity contribution is 5.98. The lowest BCUT2D eigenvalue weighted by atomic mass is 10.2. The summed E-state index contributed by atoms with van der Waals surface area (Å²) in [6.07, 6.45) is 4.35. The molecule has 2 aromatic carbocycles. The Morgan fingerprint density at radius 1 is 1.00 bits per heavy atom. The van der Waals surface area contributed by atoms with Crippen LogP contribution in [-0.2, 0) is 4.84 Å². The highest BCUT2D eigenvalue weighted by Crippen LogP contribution is 2.38. The number of ether oxygens (including phenoxy) is 3. The van der Waals surface area contributed by atoms with Crippen LogP contribution in [0.3, 0.4) is 0 Å². The van der Waals surface area contributed by atoms with Crippen molar-refractivity contribution in [2.24, 2.45) is 5.16 Å². The predicted octanol–water partition coefficient (Wildman–Crippen LogP) is 4.35. The molecule has 0 aliphatic rings. The number of benzene rings is 2. The van der Waals surface area contributed by atoms with Crippen LogP contribution in [0.25, 0.3) is 6.08 Å². The van der Waals surface area contributed by atoms with E-state index < -0.39 is 5.97 Å². The maximum absolute atomic E-state index is 12.4. The number of hydrogen-bond donors (Lipinski definition) is 0. The monoisotopic (exact) mass is 369 g/mol. The summed E-state index contributed by atoms with van der Waals surface area (Å²) < 4.78 is 15.7. The summed E-state index contributed by atoms with van der Waals surface area (Å²) in [5.41, 5.74) is 1.92. The molecule has 0 aromatic heterocycles. The van der Waals surface area contributed by atoms with Gasteiger partial charge in [0.15, 0.2) is 11.5 Å². The third kappa shape index (κ3) is 5.34. The molecule has 0 unspecified atom stereocenters. The molecule has 0 amide bonds. The van der Waals surface area contributed by atoms with Gasteiger partial charge in [-0.15, -0.1) is 0 Å². The molecule has 0 bridgehead atoms. The standard InChI is InChI=1S/C21H23NO5/c1-5-17(12-11-15-9-7-6-8-10-15)22-27-21(23)16-13-18(24-2)20(26-4)19(14-16)25-3/h6-14H,5H2,1-4H3. The molecule has 6 nitrogen and oxygen atoms in total. The highest BCUT2D eigenvalue weighted by atomic mass is 16.7. The maximum atomic E-state index is 12.4. The van der Waals surface area contributed by atoms with Gasteiger partial charge in [0, 0.05) is 0 Å². The first-order valence-electron chi connectivity index (χ1n) is 8.44. The van der Waals surface area contributed by atoms with Crippen LogP contribution in [0.15, 0.2) is 53.7 Å². The lowest BCUT2D eigenvalue weighted by Gasteiger charge is -2.13. The van der Waals surface area contributed by atoms with E-state index in [2.05, 4.69) is 5.16 Å². The first kappa shape index (κ1) is 20.0. The number of oxime groups is 1. The second kappa shape index (κ2) is 10.0. The van der Waals surface area contributed by atoms with Crippen molar-refractivity contribution < 1.29 is 23.8 Å². The molecule has 0 fully saturated rings. The zero-order valence-corrected chi connectivity index (χ0v) is 15.9. The van der Waals surface area contributed by atoms with Crippen LogP contribution in [0.4, 0.5) is 0 Å². The van der Waals surface area contributed by atoms with E-state index in [9.17, 15) is 4.79 Å². The Kier molecular flexibility index (Phi) is 7.43. The van der Waals surface area contributed by atoms with Gasteiger partial charge in [-0.3, -0.25) is 0 Å². The zero-order valence-electron chi connectivity index (χ0n) is 15.9. The lowest BCUT2D eigenvalue weighted by molar-refractivity contribution is 0.0515. The molecule has 0 heterocycles. The molecular formula is C21H23NO5. The Morgan fingerprint density at radius 2 is 1.63 bits per heavy atom. The van der Waals surface area contributed by atoms with Gasteiger partial charge in [-0.05, 0) is 30.2 Å². The van der Waals surface area contributed by atoms with Crippen molar-refractivity contribution in [3.8, 4) is 17.2 Å². The van der Waals surface area contributed by atoms with Crippen molar-refractivity contribution in [1.82, 2.24) is 0 Å². The van der Waals surface area contributed by atoms with Gasteiger partial charge in [0.2, 0.25) is 5.75 Å². The fourth-order valence-corrected chi connectivity index (χ4v) is 2.32. The summed E-state index contributed by atoms with van der Waals surface area (Å²) in [7, 11) is 4.46. The van der Waals surface area contributed by atoms with Gasteiger partial charge < -0.3 is 19.0 Å². The van der Waals surface area contributed by atoms with Crippen molar-refractivity contribution in [3.05, 3.63) is 59.7 Å². The highest BCUT2D eigenvalue weighted by Gasteiger charge is 2.18. The van der Waals surface area contributed by atoms with E-state index in [0.29, 0.717) is 29.4 Å². The molecule has 0 saturated heterocycles. The van der Waals surface area contributed by atoms with Gasteiger partial charge in [0.05, 0.1) is 32.6 Å². The molecule has 0 saturated carbocycles. The van der Waals surface area contributed by atoms with Gasteiger partial charge in [-0.2, -0.15) is 0 Å². The minimum atomic E-state index is -0.617. The fraction of sp³-hybridized carbons (Fsp3) is 0.238. The molecule has 2 aromatic rings. The van der Waals surface area contributed by atoms with E-state index in [1.165, 1.54) is 33.5 Å². The zero-order chi connectivity index (χ0) is 19.6. The number of nitrogens with zero attached hydrogens (tertiary/aromatic N) is 1. The Balaban J connectivity index is 2.17. The average molecular weight is 369 g/mol. The van der Waals surface area contributed by atoms with Crippen molar-refractivity contribution in [1.29, 1.82) is 0 Å². The van der Waals surface area contributed by atoms with Gasteiger partial charge in [-0.25, -0.2) is 4.79 Å². The molecule has 0 aliphatic heterocycles. The van der Waals surface area contributed by atoms with E-state index in [4.69, 9.17) is 19.0 Å². The van der Waals surface area contributed by atoms with E-state index in [1.54, 1.807) is 0 Å².